The van der Waals surface area contributed by atoms with E-state index in [0.717, 1.165) is 0 Å². The van der Waals surface area contributed by atoms with Crippen LogP contribution in [0.15, 0.2) is 54.6 Å². The molecule has 168 valence electrons. The summed E-state index contributed by atoms with van der Waals surface area (Å²) in [7, 11) is 0. The maximum atomic E-state index is 13.1. The molecule has 0 aliphatic carbocycles. The second kappa shape index (κ2) is 9.22. The first-order valence-electron chi connectivity index (χ1n) is 9.89. The van der Waals surface area contributed by atoms with Crippen LogP contribution in [0.1, 0.15) is 16.9 Å². The van der Waals surface area contributed by atoms with Crippen LogP contribution >= 0.6 is 11.6 Å². The molecule has 2 aromatic carbocycles. The highest BCUT2D eigenvalue weighted by Crippen LogP contribution is 2.30. The monoisotopic (exact) mass is 465 g/mol. The molecule has 1 aromatic heterocycles. The van der Waals surface area contributed by atoms with Crippen molar-refractivity contribution in [3.63, 3.8) is 0 Å². The standard InChI is InChI=1S/C22H19ClF3N3O3/c23-16-5-2-6-17(13-16)29-20(15-4-1-7-18(12-15)32-22(24,25)26)14-19(27-29)21(30)28-8-3-10-31-11-9-28/h1-2,4-7,12-14H,3,8-11H2. The van der Waals surface area contributed by atoms with E-state index >= 15 is 0 Å². The van der Waals surface area contributed by atoms with E-state index in [0.29, 0.717) is 54.7 Å². The minimum absolute atomic E-state index is 0.170. The van der Waals surface area contributed by atoms with E-state index < -0.39 is 6.36 Å². The summed E-state index contributed by atoms with van der Waals surface area (Å²) < 4.78 is 49.0. The highest BCUT2D eigenvalue weighted by molar-refractivity contribution is 6.30. The Kier molecular flexibility index (Phi) is 6.38. The Balaban J connectivity index is 1.77. The Bertz CT molecular complexity index is 1110. The zero-order valence-electron chi connectivity index (χ0n) is 16.8. The lowest BCUT2D eigenvalue weighted by molar-refractivity contribution is -0.274. The number of nitrogens with zero attached hydrogens (tertiary/aromatic N) is 3. The van der Waals surface area contributed by atoms with Gasteiger partial charge in [-0.1, -0.05) is 29.8 Å². The summed E-state index contributed by atoms with van der Waals surface area (Å²) in [5.74, 6) is -0.647. The van der Waals surface area contributed by atoms with Gasteiger partial charge >= 0.3 is 6.36 Å². The quantitative estimate of drug-likeness (QED) is 0.547. The third-order valence-electron chi connectivity index (χ3n) is 4.85. The van der Waals surface area contributed by atoms with Crippen LogP contribution in [0, 0.1) is 0 Å². The van der Waals surface area contributed by atoms with Crippen molar-refractivity contribution in [3.8, 4) is 22.7 Å². The van der Waals surface area contributed by atoms with E-state index in [1.807, 2.05) is 0 Å². The molecule has 0 radical (unpaired) electrons. The number of carbonyl (C=O) groups excluding carboxylic acids is 1. The number of ether oxygens (including phenoxy) is 2. The van der Waals surface area contributed by atoms with Crippen LogP contribution in [-0.4, -0.2) is 53.3 Å². The van der Waals surface area contributed by atoms with Gasteiger partial charge in [-0.3, -0.25) is 4.79 Å². The lowest BCUT2D eigenvalue weighted by Gasteiger charge is -2.17. The molecule has 2 heterocycles. The van der Waals surface area contributed by atoms with E-state index in [9.17, 15) is 18.0 Å². The van der Waals surface area contributed by atoms with Gasteiger partial charge in [0.25, 0.3) is 5.91 Å². The molecule has 0 unspecified atom stereocenters. The van der Waals surface area contributed by atoms with E-state index in [4.69, 9.17) is 16.3 Å². The molecule has 10 heteroatoms. The second-order valence-corrected chi connectivity index (χ2v) is 7.58. The first-order valence-corrected chi connectivity index (χ1v) is 10.3. The first kappa shape index (κ1) is 22.2. The van der Waals surface area contributed by atoms with Gasteiger partial charge in [-0.2, -0.15) is 5.10 Å². The van der Waals surface area contributed by atoms with Gasteiger partial charge in [0.1, 0.15) is 5.75 Å². The third-order valence-corrected chi connectivity index (χ3v) is 5.09. The second-order valence-electron chi connectivity index (χ2n) is 7.14. The first-order chi connectivity index (χ1) is 15.3. The molecule has 1 fully saturated rings. The molecule has 1 aliphatic heterocycles. The van der Waals surface area contributed by atoms with Crippen LogP contribution in [0.5, 0.6) is 5.75 Å². The summed E-state index contributed by atoms with van der Waals surface area (Å²) >= 11 is 6.13. The predicted octanol–water partition coefficient (Wildman–Crippen LogP) is 4.95. The van der Waals surface area contributed by atoms with E-state index in [2.05, 4.69) is 9.84 Å². The minimum Gasteiger partial charge on any atom is -0.406 e. The zero-order chi connectivity index (χ0) is 22.7. The number of rotatable bonds is 4. The third kappa shape index (κ3) is 5.23. The van der Waals surface area contributed by atoms with Crippen LogP contribution in [-0.2, 0) is 4.74 Å². The van der Waals surface area contributed by atoms with Crippen molar-refractivity contribution in [2.24, 2.45) is 0 Å². The maximum absolute atomic E-state index is 13.1. The summed E-state index contributed by atoms with van der Waals surface area (Å²) in [5.41, 5.74) is 1.56. The van der Waals surface area contributed by atoms with Crippen molar-refractivity contribution in [1.29, 1.82) is 0 Å². The molecule has 0 saturated carbocycles. The topological polar surface area (TPSA) is 56.6 Å². The number of halogens is 4. The summed E-state index contributed by atoms with van der Waals surface area (Å²) in [6.45, 7) is 1.99. The van der Waals surface area contributed by atoms with Gasteiger partial charge < -0.3 is 14.4 Å². The lowest BCUT2D eigenvalue weighted by atomic mass is 10.1. The number of hydrogen-bond donors (Lipinski definition) is 0. The SMILES string of the molecule is O=C(c1cc(-c2cccc(OC(F)(F)F)c2)n(-c2cccc(Cl)c2)n1)N1CCCOCC1. The molecule has 1 aliphatic rings. The minimum atomic E-state index is -4.82. The molecule has 0 N–H and O–H groups in total. The molecule has 32 heavy (non-hydrogen) atoms. The molecule has 1 saturated heterocycles. The Hall–Kier alpha value is -3.04. The fraction of sp³-hybridized carbons (Fsp3) is 0.273. The maximum Gasteiger partial charge on any atom is 0.573 e. The van der Waals surface area contributed by atoms with Crippen LogP contribution in [0.2, 0.25) is 5.02 Å². The summed E-state index contributed by atoms with van der Waals surface area (Å²) in [5, 5.41) is 4.93. The summed E-state index contributed by atoms with van der Waals surface area (Å²) in [6.07, 6.45) is -4.10. The van der Waals surface area contributed by atoms with Crippen molar-refractivity contribution < 1.29 is 27.4 Å². The normalized spacial score (nSPS) is 14.8. The molecule has 6 nitrogen and oxygen atoms in total. The number of aromatic nitrogens is 2. The molecule has 0 atom stereocenters. The van der Waals surface area contributed by atoms with Crippen LogP contribution in [0.25, 0.3) is 16.9 Å². The average molecular weight is 466 g/mol. The molecule has 4 rings (SSSR count). The van der Waals surface area contributed by atoms with Gasteiger partial charge in [0.2, 0.25) is 0 Å². The summed E-state index contributed by atoms with van der Waals surface area (Å²) in [6, 6.07) is 13.9. The molecule has 1 amide bonds. The number of alkyl halides is 3. The van der Waals surface area contributed by atoms with E-state index in [-0.39, 0.29) is 17.4 Å². The van der Waals surface area contributed by atoms with Crippen LogP contribution in [0.4, 0.5) is 13.2 Å². The Labute approximate surface area is 187 Å². The summed E-state index contributed by atoms with van der Waals surface area (Å²) in [4.78, 5) is 14.8. The number of hydrogen-bond acceptors (Lipinski definition) is 4. The Morgan fingerprint density at radius 1 is 1.06 bits per heavy atom. The van der Waals surface area contributed by atoms with E-state index in [1.54, 1.807) is 41.3 Å². The number of amides is 1. The van der Waals surface area contributed by atoms with Gasteiger partial charge in [0.15, 0.2) is 5.69 Å². The fourth-order valence-corrected chi connectivity index (χ4v) is 3.64. The smallest absolute Gasteiger partial charge is 0.406 e. The zero-order valence-corrected chi connectivity index (χ0v) is 17.6. The highest BCUT2D eigenvalue weighted by Gasteiger charge is 2.31. The molecular formula is C22H19ClF3N3O3. The average Bonchev–Trinajstić information content (AvgIpc) is 3.01. The van der Waals surface area contributed by atoms with Crippen molar-refractivity contribution in [3.05, 3.63) is 65.3 Å². The van der Waals surface area contributed by atoms with Gasteiger partial charge in [-0.25, -0.2) is 4.68 Å². The number of benzene rings is 2. The molecule has 3 aromatic rings. The van der Waals surface area contributed by atoms with Crippen molar-refractivity contribution >= 4 is 17.5 Å². The fourth-order valence-electron chi connectivity index (χ4n) is 3.46. The highest BCUT2D eigenvalue weighted by atomic mass is 35.5. The van der Waals surface area contributed by atoms with Crippen molar-refractivity contribution in [2.45, 2.75) is 12.8 Å². The van der Waals surface area contributed by atoms with Crippen molar-refractivity contribution in [1.82, 2.24) is 14.7 Å². The van der Waals surface area contributed by atoms with Gasteiger partial charge in [0, 0.05) is 30.3 Å². The van der Waals surface area contributed by atoms with E-state index in [1.165, 1.54) is 22.9 Å². The van der Waals surface area contributed by atoms with Crippen LogP contribution < -0.4 is 4.74 Å². The predicted molar refractivity (Wildman–Crippen MR) is 112 cm³/mol. The molecule has 0 spiro atoms. The largest absolute Gasteiger partial charge is 0.573 e. The molecule has 0 bridgehead atoms. The van der Waals surface area contributed by atoms with Crippen LogP contribution in [0.3, 0.4) is 0 Å². The lowest BCUT2D eigenvalue weighted by Crippen LogP contribution is -2.33. The number of carbonyl (C=O) groups is 1. The Morgan fingerprint density at radius 3 is 2.66 bits per heavy atom. The molecular weight excluding hydrogens is 447 g/mol. The van der Waals surface area contributed by atoms with Gasteiger partial charge in [0.05, 0.1) is 18.0 Å². The Morgan fingerprint density at radius 2 is 1.88 bits per heavy atom. The van der Waals surface area contributed by atoms with Gasteiger partial charge in [-0.15, -0.1) is 13.2 Å². The van der Waals surface area contributed by atoms with Gasteiger partial charge in [-0.05, 0) is 42.8 Å². The van der Waals surface area contributed by atoms with Crippen molar-refractivity contribution in [2.75, 3.05) is 26.3 Å².